The standard InChI is InChI=1S/C23H23N3OS/c1-16(18-11-7-9-17-8-3-4-10-19(17)18)24-22(27)14-26(2)15-23-25-20-12-5-6-13-21(20)28-23/h3-13,16H,14-15H2,1-2H3,(H,24,27)/p+1/t16-/m0/s1. The van der Waals surface area contributed by atoms with Gasteiger partial charge >= 0.3 is 0 Å². The lowest BCUT2D eigenvalue weighted by Crippen LogP contribution is -3.08. The third-order valence-corrected chi connectivity index (χ3v) is 5.96. The van der Waals surface area contributed by atoms with Gasteiger partial charge in [0.05, 0.1) is 23.3 Å². The van der Waals surface area contributed by atoms with E-state index in [-0.39, 0.29) is 11.9 Å². The van der Waals surface area contributed by atoms with Gasteiger partial charge in [-0.3, -0.25) is 4.79 Å². The molecular formula is C23H24N3OS+. The Morgan fingerprint density at radius 1 is 1.07 bits per heavy atom. The van der Waals surface area contributed by atoms with E-state index in [9.17, 15) is 4.79 Å². The van der Waals surface area contributed by atoms with Gasteiger partial charge in [0.15, 0.2) is 6.54 Å². The van der Waals surface area contributed by atoms with Gasteiger partial charge in [0.25, 0.3) is 5.91 Å². The van der Waals surface area contributed by atoms with Crippen LogP contribution >= 0.6 is 11.3 Å². The van der Waals surface area contributed by atoms with E-state index < -0.39 is 0 Å². The fraction of sp³-hybridized carbons (Fsp3) is 0.217. The van der Waals surface area contributed by atoms with Crippen molar-refractivity contribution in [3.63, 3.8) is 0 Å². The van der Waals surface area contributed by atoms with Gasteiger partial charge in [0.1, 0.15) is 11.6 Å². The first-order valence-electron chi connectivity index (χ1n) is 9.53. The van der Waals surface area contributed by atoms with E-state index in [1.165, 1.54) is 15.5 Å². The summed E-state index contributed by atoms with van der Waals surface area (Å²) in [5.41, 5.74) is 2.18. The second-order valence-electron chi connectivity index (χ2n) is 7.24. The lowest BCUT2D eigenvalue weighted by Gasteiger charge is -2.18. The molecule has 5 heteroatoms. The number of thiazole rings is 1. The van der Waals surface area contributed by atoms with Crippen LogP contribution in [0.15, 0.2) is 66.7 Å². The first kappa shape index (κ1) is 18.6. The maximum atomic E-state index is 12.6. The third kappa shape index (κ3) is 4.06. The molecular weight excluding hydrogens is 366 g/mol. The van der Waals surface area contributed by atoms with Crippen LogP contribution in [0.2, 0.25) is 0 Å². The molecule has 1 heterocycles. The van der Waals surface area contributed by atoms with Gasteiger partial charge in [-0.15, -0.1) is 11.3 Å². The van der Waals surface area contributed by atoms with Gasteiger partial charge in [-0.2, -0.15) is 0 Å². The number of likely N-dealkylation sites (N-methyl/N-ethyl adjacent to an activating group) is 1. The highest BCUT2D eigenvalue weighted by molar-refractivity contribution is 7.18. The zero-order valence-corrected chi connectivity index (χ0v) is 16.9. The number of fused-ring (bicyclic) bond motifs is 2. The molecule has 1 unspecified atom stereocenters. The number of carbonyl (C=O) groups is 1. The van der Waals surface area contributed by atoms with Crippen molar-refractivity contribution in [2.24, 2.45) is 0 Å². The highest BCUT2D eigenvalue weighted by Crippen LogP contribution is 2.24. The number of quaternary nitrogens is 1. The topological polar surface area (TPSA) is 46.4 Å². The van der Waals surface area contributed by atoms with Crippen molar-refractivity contribution in [2.45, 2.75) is 19.5 Å². The van der Waals surface area contributed by atoms with E-state index in [4.69, 9.17) is 0 Å². The van der Waals surface area contributed by atoms with Crippen molar-refractivity contribution in [3.05, 3.63) is 77.3 Å². The number of para-hydroxylation sites is 1. The molecule has 0 saturated heterocycles. The summed E-state index contributed by atoms with van der Waals surface area (Å²) in [4.78, 5) is 18.4. The van der Waals surface area contributed by atoms with Crippen LogP contribution in [0.5, 0.6) is 0 Å². The molecule has 0 aliphatic heterocycles. The van der Waals surface area contributed by atoms with Gasteiger partial charge < -0.3 is 10.2 Å². The smallest absolute Gasteiger partial charge is 0.275 e. The normalized spacial score (nSPS) is 13.5. The predicted octanol–water partition coefficient (Wildman–Crippen LogP) is 3.34. The second-order valence-corrected chi connectivity index (χ2v) is 8.36. The molecule has 0 spiro atoms. The number of benzene rings is 3. The van der Waals surface area contributed by atoms with E-state index >= 15 is 0 Å². The Bertz CT molecular complexity index is 1080. The van der Waals surface area contributed by atoms with E-state index in [0.29, 0.717) is 6.54 Å². The van der Waals surface area contributed by atoms with Crippen molar-refractivity contribution in [2.75, 3.05) is 13.6 Å². The summed E-state index contributed by atoms with van der Waals surface area (Å²) in [7, 11) is 2.04. The van der Waals surface area contributed by atoms with Crippen LogP contribution < -0.4 is 10.2 Å². The fourth-order valence-electron chi connectivity index (χ4n) is 3.59. The zero-order valence-electron chi connectivity index (χ0n) is 16.1. The Kier molecular flexibility index (Phi) is 5.37. The maximum absolute atomic E-state index is 12.6. The number of rotatable bonds is 6. The van der Waals surface area contributed by atoms with Crippen molar-refractivity contribution >= 4 is 38.2 Å². The van der Waals surface area contributed by atoms with E-state index in [1.807, 2.05) is 50.4 Å². The molecule has 142 valence electrons. The summed E-state index contributed by atoms with van der Waals surface area (Å²) in [6.45, 7) is 3.21. The Morgan fingerprint density at radius 3 is 2.68 bits per heavy atom. The molecule has 28 heavy (non-hydrogen) atoms. The largest absolute Gasteiger partial charge is 0.345 e. The first-order valence-corrected chi connectivity index (χ1v) is 10.3. The number of amides is 1. The second kappa shape index (κ2) is 8.09. The zero-order chi connectivity index (χ0) is 19.5. The summed E-state index contributed by atoms with van der Waals surface area (Å²) >= 11 is 1.70. The van der Waals surface area contributed by atoms with E-state index in [1.54, 1.807) is 11.3 Å². The summed E-state index contributed by atoms with van der Waals surface area (Å²) in [5.74, 6) is 0.0547. The number of nitrogens with zero attached hydrogens (tertiary/aromatic N) is 1. The van der Waals surface area contributed by atoms with Crippen LogP contribution in [0.4, 0.5) is 0 Å². The van der Waals surface area contributed by atoms with E-state index in [0.717, 1.165) is 27.5 Å². The van der Waals surface area contributed by atoms with E-state index in [2.05, 4.69) is 40.6 Å². The molecule has 4 aromatic rings. The number of hydrogen-bond acceptors (Lipinski definition) is 3. The summed E-state index contributed by atoms with van der Waals surface area (Å²) in [5, 5.41) is 6.60. The molecule has 0 aliphatic rings. The first-order chi connectivity index (χ1) is 13.6. The van der Waals surface area contributed by atoms with Gasteiger partial charge in [0, 0.05) is 0 Å². The minimum atomic E-state index is -0.0335. The van der Waals surface area contributed by atoms with Gasteiger partial charge in [-0.1, -0.05) is 54.6 Å². The molecule has 0 saturated carbocycles. The molecule has 2 atom stereocenters. The van der Waals surface area contributed by atoms with Crippen molar-refractivity contribution < 1.29 is 9.69 Å². The number of aromatic nitrogens is 1. The van der Waals surface area contributed by atoms with Crippen LogP contribution in [0.3, 0.4) is 0 Å². The molecule has 1 amide bonds. The van der Waals surface area contributed by atoms with Crippen LogP contribution in [0.1, 0.15) is 23.5 Å². The molecule has 0 radical (unpaired) electrons. The Morgan fingerprint density at radius 2 is 1.82 bits per heavy atom. The predicted molar refractivity (Wildman–Crippen MR) is 116 cm³/mol. The third-order valence-electron chi connectivity index (χ3n) is 4.92. The summed E-state index contributed by atoms with van der Waals surface area (Å²) in [6, 6.07) is 22.6. The average molecular weight is 391 g/mol. The molecule has 3 aromatic carbocycles. The maximum Gasteiger partial charge on any atom is 0.275 e. The van der Waals surface area contributed by atoms with Crippen LogP contribution in [0.25, 0.3) is 21.0 Å². The quantitative estimate of drug-likeness (QED) is 0.530. The van der Waals surface area contributed by atoms with Crippen molar-refractivity contribution in [3.8, 4) is 0 Å². The minimum absolute atomic E-state index is 0.0335. The molecule has 1 aromatic heterocycles. The van der Waals surface area contributed by atoms with Gasteiger partial charge in [-0.25, -0.2) is 4.98 Å². The molecule has 0 bridgehead atoms. The lowest BCUT2D eigenvalue weighted by molar-refractivity contribution is -0.885. The number of hydrogen-bond donors (Lipinski definition) is 2. The molecule has 0 aliphatic carbocycles. The van der Waals surface area contributed by atoms with Crippen LogP contribution in [0, 0.1) is 0 Å². The summed E-state index contributed by atoms with van der Waals surface area (Å²) in [6.07, 6.45) is 0. The molecule has 2 N–H and O–H groups in total. The molecule has 4 nitrogen and oxygen atoms in total. The number of carbonyl (C=O) groups excluding carboxylic acids is 1. The summed E-state index contributed by atoms with van der Waals surface area (Å²) < 4.78 is 1.19. The average Bonchev–Trinajstić information content (AvgIpc) is 3.09. The Labute approximate surface area is 168 Å². The van der Waals surface area contributed by atoms with Gasteiger partial charge in [-0.05, 0) is 35.4 Å². The number of nitrogens with one attached hydrogen (secondary N) is 2. The van der Waals surface area contributed by atoms with Crippen LogP contribution in [-0.2, 0) is 11.3 Å². The Hall–Kier alpha value is -2.76. The monoisotopic (exact) mass is 390 g/mol. The van der Waals surface area contributed by atoms with Crippen molar-refractivity contribution in [1.29, 1.82) is 0 Å². The van der Waals surface area contributed by atoms with Crippen molar-refractivity contribution in [1.82, 2.24) is 10.3 Å². The Balaban J connectivity index is 1.39. The van der Waals surface area contributed by atoms with Gasteiger partial charge in [0.2, 0.25) is 0 Å². The van der Waals surface area contributed by atoms with Crippen LogP contribution in [-0.4, -0.2) is 24.5 Å². The highest BCUT2D eigenvalue weighted by Gasteiger charge is 2.17. The molecule has 0 fully saturated rings. The lowest BCUT2D eigenvalue weighted by atomic mass is 10.00. The minimum Gasteiger partial charge on any atom is -0.345 e. The fourth-order valence-corrected chi connectivity index (χ4v) is 4.67. The molecule has 4 rings (SSSR count). The highest BCUT2D eigenvalue weighted by atomic mass is 32.1. The SMILES string of the molecule is C[C@H](NC(=O)C[NH+](C)Cc1nc2ccccc2s1)c1cccc2ccccc12.